The predicted molar refractivity (Wildman–Crippen MR) is 81.9 cm³/mol. The second kappa shape index (κ2) is 5.62. The van der Waals surface area contributed by atoms with E-state index in [2.05, 4.69) is 0 Å². The van der Waals surface area contributed by atoms with Crippen LogP contribution in [-0.2, 0) is 0 Å². The van der Waals surface area contributed by atoms with Crippen LogP contribution in [0.25, 0.3) is 0 Å². The summed E-state index contributed by atoms with van der Waals surface area (Å²) >= 11 is 0. The van der Waals surface area contributed by atoms with Crippen molar-refractivity contribution >= 4 is 0 Å². The van der Waals surface area contributed by atoms with Gasteiger partial charge in [-0.2, -0.15) is 0 Å². The van der Waals surface area contributed by atoms with Crippen LogP contribution in [0.3, 0.4) is 0 Å². The summed E-state index contributed by atoms with van der Waals surface area (Å²) in [5, 5.41) is 10.2. The van der Waals surface area contributed by atoms with Crippen LogP contribution in [0.4, 0.5) is 0 Å². The molecule has 1 nitrogen and oxygen atoms in total. The largest absolute Gasteiger partial charge is 0.508 e. The highest BCUT2D eigenvalue weighted by molar-refractivity contribution is 5.48. The molecule has 0 saturated heterocycles. The van der Waals surface area contributed by atoms with E-state index in [9.17, 15) is 5.11 Å². The third-order valence-corrected chi connectivity index (χ3v) is 3.30. The summed E-state index contributed by atoms with van der Waals surface area (Å²) in [7, 11) is 0. The van der Waals surface area contributed by atoms with Crippen LogP contribution >= 0.6 is 0 Å². The molecule has 3 aromatic rings. The molecule has 0 unspecified atom stereocenters. The third kappa shape index (κ3) is 2.43. The maximum Gasteiger partial charge on any atom is 0.119 e. The molecule has 0 aliphatic carbocycles. The highest BCUT2D eigenvalue weighted by atomic mass is 16.3. The van der Waals surface area contributed by atoms with E-state index >= 15 is 0 Å². The van der Waals surface area contributed by atoms with Gasteiger partial charge < -0.3 is 5.11 Å². The number of hydrogen-bond donors (Lipinski definition) is 1. The van der Waals surface area contributed by atoms with Gasteiger partial charge in [-0.3, -0.25) is 0 Å². The Kier molecular flexibility index (Phi) is 3.17. The smallest absolute Gasteiger partial charge is 0.119 e. The highest BCUT2D eigenvalue weighted by Crippen LogP contribution is 2.36. The molecule has 0 atom stereocenters. The van der Waals surface area contributed by atoms with Crippen molar-refractivity contribution in [3.05, 3.63) is 102 Å². The van der Waals surface area contributed by atoms with Gasteiger partial charge in [-0.25, -0.2) is 0 Å². The Balaban J connectivity index is 2.29. The van der Waals surface area contributed by atoms with Crippen molar-refractivity contribution in [1.29, 1.82) is 0 Å². The summed E-state index contributed by atoms with van der Waals surface area (Å²) in [6, 6.07) is 26.3. The SMILES string of the molecule is [2H]C(c1ccccc1)(c1ccccc1)c1ccccc1O. The van der Waals surface area contributed by atoms with E-state index in [1.807, 2.05) is 72.8 Å². The number of rotatable bonds is 3. The Labute approximate surface area is 120 Å². The zero-order valence-corrected chi connectivity index (χ0v) is 11.0. The molecule has 0 aliphatic heterocycles. The van der Waals surface area contributed by atoms with Gasteiger partial charge in [-0.05, 0) is 17.2 Å². The number of phenolic OH excluding ortho intramolecular Hbond substituents is 1. The van der Waals surface area contributed by atoms with Crippen LogP contribution in [0.1, 0.15) is 24.0 Å². The van der Waals surface area contributed by atoms with Crippen LogP contribution in [0.5, 0.6) is 5.75 Å². The fourth-order valence-corrected chi connectivity index (χ4v) is 2.37. The average molecular weight is 261 g/mol. The first kappa shape index (κ1) is 11.3. The maximum atomic E-state index is 10.2. The van der Waals surface area contributed by atoms with Crippen molar-refractivity contribution in [3.8, 4) is 5.75 Å². The number of phenols is 1. The Morgan fingerprint density at radius 1 is 0.650 bits per heavy atom. The molecule has 1 N–H and O–H groups in total. The fraction of sp³-hybridized carbons (Fsp3) is 0.0526. The lowest BCUT2D eigenvalue weighted by Gasteiger charge is -2.19. The molecule has 20 heavy (non-hydrogen) atoms. The first-order valence-corrected chi connectivity index (χ1v) is 6.62. The highest BCUT2D eigenvalue weighted by Gasteiger charge is 2.18. The predicted octanol–water partition coefficient (Wildman–Crippen LogP) is 4.57. The summed E-state index contributed by atoms with van der Waals surface area (Å²) in [5.74, 6) is -0.992. The molecule has 1 heteroatoms. The minimum Gasteiger partial charge on any atom is -0.508 e. The zero-order chi connectivity index (χ0) is 14.7. The van der Waals surface area contributed by atoms with Crippen molar-refractivity contribution in [2.24, 2.45) is 0 Å². The summed E-state index contributed by atoms with van der Waals surface area (Å²) in [6.07, 6.45) is 0. The van der Waals surface area contributed by atoms with E-state index < -0.39 is 5.89 Å². The molecule has 0 aromatic heterocycles. The van der Waals surface area contributed by atoms with E-state index in [4.69, 9.17) is 1.37 Å². The van der Waals surface area contributed by atoms with Gasteiger partial charge >= 0.3 is 0 Å². The Bertz CT molecular complexity index is 683. The van der Waals surface area contributed by atoms with Crippen molar-refractivity contribution in [1.82, 2.24) is 0 Å². The second-order valence-corrected chi connectivity index (χ2v) is 4.62. The van der Waals surface area contributed by atoms with E-state index in [0.29, 0.717) is 5.56 Å². The minimum absolute atomic E-state index is 0.139. The van der Waals surface area contributed by atoms with Crippen LogP contribution in [-0.4, -0.2) is 5.11 Å². The van der Waals surface area contributed by atoms with E-state index in [1.54, 1.807) is 12.1 Å². The molecule has 3 aromatic carbocycles. The van der Waals surface area contributed by atoms with E-state index in [1.165, 1.54) is 0 Å². The van der Waals surface area contributed by atoms with Crippen LogP contribution < -0.4 is 0 Å². The van der Waals surface area contributed by atoms with E-state index in [-0.39, 0.29) is 5.75 Å². The van der Waals surface area contributed by atoms with Gasteiger partial charge in [0.05, 0.1) is 0 Å². The number of aromatic hydroxyl groups is 1. The second-order valence-electron chi connectivity index (χ2n) is 4.62. The number of benzene rings is 3. The molecular formula is C19H16O. The van der Waals surface area contributed by atoms with Crippen molar-refractivity contribution in [3.63, 3.8) is 0 Å². The van der Waals surface area contributed by atoms with Gasteiger partial charge in [-0.1, -0.05) is 78.9 Å². The summed E-state index contributed by atoms with van der Waals surface area (Å²) in [4.78, 5) is 0. The average Bonchev–Trinajstić information content (AvgIpc) is 2.56. The molecule has 0 amide bonds. The summed E-state index contributed by atoms with van der Waals surface area (Å²) in [6.45, 7) is 0. The number of para-hydroxylation sites is 1. The lowest BCUT2D eigenvalue weighted by molar-refractivity contribution is 0.467. The third-order valence-electron chi connectivity index (χ3n) is 3.30. The van der Waals surface area contributed by atoms with Crippen LogP contribution in [0, 0.1) is 0 Å². The molecule has 0 spiro atoms. The van der Waals surface area contributed by atoms with E-state index in [0.717, 1.165) is 11.1 Å². The summed E-state index contributed by atoms with van der Waals surface area (Å²) in [5.41, 5.74) is 2.25. The topological polar surface area (TPSA) is 20.2 Å². The maximum absolute atomic E-state index is 10.2. The first-order valence-electron chi connectivity index (χ1n) is 7.12. The van der Waals surface area contributed by atoms with Gasteiger partial charge in [0.2, 0.25) is 0 Å². The van der Waals surface area contributed by atoms with Gasteiger partial charge in [0.1, 0.15) is 5.75 Å². The van der Waals surface area contributed by atoms with Crippen LogP contribution in [0.15, 0.2) is 84.9 Å². The molecule has 0 radical (unpaired) electrons. The fourth-order valence-electron chi connectivity index (χ4n) is 2.37. The summed E-state index contributed by atoms with van der Waals surface area (Å²) < 4.78 is 9.12. The molecule has 0 bridgehead atoms. The van der Waals surface area contributed by atoms with Crippen LogP contribution in [0.2, 0.25) is 0 Å². The van der Waals surface area contributed by atoms with Crippen molar-refractivity contribution in [2.75, 3.05) is 0 Å². The molecule has 0 heterocycles. The van der Waals surface area contributed by atoms with Crippen molar-refractivity contribution in [2.45, 2.75) is 5.89 Å². The molecule has 0 aliphatic rings. The molecule has 0 fully saturated rings. The Hall–Kier alpha value is -2.54. The standard InChI is InChI=1S/C19H16O/c20-18-14-8-7-13-17(18)19(15-9-3-1-4-10-15)16-11-5-2-6-12-16/h1-14,19-20H/i19D. The lowest BCUT2D eigenvalue weighted by Crippen LogP contribution is -2.03. The molecule has 0 saturated carbocycles. The van der Waals surface area contributed by atoms with Crippen molar-refractivity contribution < 1.29 is 6.48 Å². The zero-order valence-electron chi connectivity index (χ0n) is 12.0. The normalized spacial score (nSPS) is 11.9. The minimum atomic E-state index is -1.13. The Morgan fingerprint density at radius 3 is 1.60 bits per heavy atom. The van der Waals surface area contributed by atoms with Gasteiger partial charge in [0.15, 0.2) is 0 Å². The van der Waals surface area contributed by atoms with Gasteiger partial charge in [-0.15, -0.1) is 0 Å². The molecule has 3 rings (SSSR count). The Morgan fingerprint density at radius 2 is 1.10 bits per heavy atom. The van der Waals surface area contributed by atoms with Gasteiger partial charge in [0, 0.05) is 12.8 Å². The van der Waals surface area contributed by atoms with Gasteiger partial charge in [0.25, 0.3) is 0 Å². The molecule has 98 valence electrons. The monoisotopic (exact) mass is 261 g/mol. The lowest BCUT2D eigenvalue weighted by atomic mass is 9.85. The molecular weight excluding hydrogens is 244 g/mol. The quantitative estimate of drug-likeness (QED) is 0.685. The first-order chi connectivity index (χ1) is 10.2. The number of hydrogen-bond acceptors (Lipinski definition) is 1.